The number of rotatable bonds is 5. The van der Waals surface area contributed by atoms with Crippen LogP contribution in [0.15, 0.2) is 66.9 Å². The van der Waals surface area contributed by atoms with Crippen molar-refractivity contribution >= 4 is 45.6 Å². The maximum absolute atomic E-state index is 14.7. The van der Waals surface area contributed by atoms with Gasteiger partial charge in [-0.1, -0.05) is 11.6 Å². The Morgan fingerprint density at radius 2 is 1.67 bits per heavy atom. The van der Waals surface area contributed by atoms with Gasteiger partial charge in [0.15, 0.2) is 17.4 Å². The van der Waals surface area contributed by atoms with Gasteiger partial charge in [0.05, 0.1) is 23.0 Å². The first kappa shape index (κ1) is 23.8. The first-order chi connectivity index (χ1) is 17.4. The Hall–Kier alpha value is -3.88. The first-order valence-electron chi connectivity index (χ1n) is 11.4. The number of piperazine rings is 1. The van der Waals surface area contributed by atoms with Crippen molar-refractivity contribution in [3.8, 4) is 0 Å². The lowest BCUT2D eigenvalue weighted by Crippen LogP contribution is -2.43. The molecule has 182 valence electrons. The summed E-state index contributed by atoms with van der Waals surface area (Å²) in [6, 6.07) is 14.8. The number of ketones is 1. The summed E-state index contributed by atoms with van der Waals surface area (Å²) in [4.78, 5) is 32.4. The van der Waals surface area contributed by atoms with Crippen molar-refractivity contribution in [1.29, 1.82) is 0 Å². The zero-order valence-corrected chi connectivity index (χ0v) is 19.8. The third kappa shape index (κ3) is 4.91. The zero-order valence-electron chi connectivity index (χ0n) is 19.0. The summed E-state index contributed by atoms with van der Waals surface area (Å²) < 4.78 is 29.1. The average Bonchev–Trinajstić information content (AvgIpc) is 2.90. The van der Waals surface area contributed by atoms with E-state index in [-0.39, 0.29) is 16.8 Å². The summed E-state index contributed by atoms with van der Waals surface area (Å²) in [7, 11) is 0. The smallest absolute Gasteiger partial charge is 0.255 e. The Labute approximate surface area is 210 Å². The number of aromatic nitrogens is 1. The summed E-state index contributed by atoms with van der Waals surface area (Å²) in [5.74, 6) is -3.77. The number of anilines is 2. The summed E-state index contributed by atoms with van der Waals surface area (Å²) in [5, 5.41) is 6.97. The van der Waals surface area contributed by atoms with Crippen LogP contribution in [0.2, 0.25) is 5.02 Å². The highest BCUT2D eigenvalue weighted by molar-refractivity contribution is 6.30. The molecule has 4 aromatic rings. The minimum absolute atomic E-state index is 0.0411. The molecule has 0 radical (unpaired) electrons. The number of pyridine rings is 1. The van der Waals surface area contributed by atoms with E-state index < -0.39 is 28.9 Å². The van der Waals surface area contributed by atoms with Gasteiger partial charge < -0.3 is 15.5 Å². The van der Waals surface area contributed by atoms with E-state index in [1.807, 2.05) is 6.07 Å². The summed E-state index contributed by atoms with van der Waals surface area (Å²) in [6.45, 7) is 3.41. The molecular formula is C27H21ClF2N4O2. The van der Waals surface area contributed by atoms with E-state index in [9.17, 15) is 18.4 Å². The van der Waals surface area contributed by atoms with E-state index in [1.54, 1.807) is 30.5 Å². The molecule has 0 unspecified atom stereocenters. The molecule has 2 heterocycles. The molecule has 9 heteroatoms. The number of benzene rings is 3. The van der Waals surface area contributed by atoms with Gasteiger partial charge in [-0.15, -0.1) is 0 Å². The van der Waals surface area contributed by atoms with Crippen LogP contribution >= 0.6 is 11.6 Å². The van der Waals surface area contributed by atoms with Crippen LogP contribution < -0.4 is 15.5 Å². The van der Waals surface area contributed by atoms with Crippen molar-refractivity contribution in [1.82, 2.24) is 10.3 Å². The maximum atomic E-state index is 14.7. The fraction of sp³-hybridized carbons (Fsp3) is 0.148. The molecule has 2 N–H and O–H groups in total. The molecule has 5 rings (SSSR count). The molecule has 0 saturated carbocycles. The van der Waals surface area contributed by atoms with E-state index in [1.165, 1.54) is 18.2 Å². The van der Waals surface area contributed by atoms with Crippen molar-refractivity contribution in [2.75, 3.05) is 36.4 Å². The molecule has 1 amide bonds. The van der Waals surface area contributed by atoms with E-state index in [2.05, 4.69) is 20.5 Å². The second kappa shape index (κ2) is 10.0. The van der Waals surface area contributed by atoms with Gasteiger partial charge in [0.2, 0.25) is 0 Å². The monoisotopic (exact) mass is 506 g/mol. The van der Waals surface area contributed by atoms with Crippen LogP contribution in [0.4, 0.5) is 20.2 Å². The zero-order chi connectivity index (χ0) is 25.2. The molecule has 0 spiro atoms. The van der Waals surface area contributed by atoms with Crippen LogP contribution in [0.3, 0.4) is 0 Å². The number of nitrogens with one attached hydrogen (secondary N) is 2. The van der Waals surface area contributed by atoms with Crippen LogP contribution in [0, 0.1) is 11.6 Å². The topological polar surface area (TPSA) is 74.3 Å². The number of carbonyl (C=O) groups excluding carboxylic acids is 2. The number of nitrogens with zero attached hydrogens (tertiary/aromatic N) is 2. The van der Waals surface area contributed by atoms with Gasteiger partial charge >= 0.3 is 0 Å². The van der Waals surface area contributed by atoms with Crippen LogP contribution in [0.25, 0.3) is 10.9 Å². The summed E-state index contributed by atoms with van der Waals surface area (Å²) in [6.07, 6.45) is 1.79. The molecule has 1 saturated heterocycles. The molecule has 0 bridgehead atoms. The van der Waals surface area contributed by atoms with Gasteiger partial charge in [0.25, 0.3) is 5.91 Å². The number of fused-ring (bicyclic) bond motifs is 1. The average molecular weight is 507 g/mol. The molecule has 0 atom stereocenters. The van der Waals surface area contributed by atoms with Crippen LogP contribution in [-0.4, -0.2) is 42.9 Å². The Morgan fingerprint density at radius 1 is 0.944 bits per heavy atom. The first-order valence-corrected chi connectivity index (χ1v) is 11.7. The van der Waals surface area contributed by atoms with Gasteiger partial charge in [-0.2, -0.15) is 0 Å². The Kier molecular flexibility index (Phi) is 6.63. The highest BCUT2D eigenvalue weighted by Crippen LogP contribution is 2.26. The largest absolute Gasteiger partial charge is 0.368 e. The minimum Gasteiger partial charge on any atom is -0.368 e. The van der Waals surface area contributed by atoms with E-state index in [4.69, 9.17) is 11.6 Å². The highest BCUT2D eigenvalue weighted by atomic mass is 35.5. The predicted molar refractivity (Wildman–Crippen MR) is 136 cm³/mol. The number of halogens is 3. The van der Waals surface area contributed by atoms with Gasteiger partial charge in [-0.05, 0) is 54.6 Å². The second-order valence-corrected chi connectivity index (χ2v) is 8.88. The maximum Gasteiger partial charge on any atom is 0.255 e. The normalized spacial score (nSPS) is 13.6. The standard InChI is InChI=1S/C27H21ClF2N4O2/c28-19-4-1-16(2-5-19)27(36)33-20-13-22(25(30)23(29)14-20)26(35)17-3-6-24-18(11-17)12-21(15-32-24)34-9-7-31-8-10-34/h1-6,11-15,31H,7-10H2,(H,33,36). The third-order valence-corrected chi connectivity index (χ3v) is 6.30. The lowest BCUT2D eigenvalue weighted by atomic mass is 10.00. The van der Waals surface area contributed by atoms with E-state index in [0.717, 1.165) is 44.0 Å². The van der Waals surface area contributed by atoms with Crippen LogP contribution in [0.5, 0.6) is 0 Å². The predicted octanol–water partition coefficient (Wildman–Crippen LogP) is 5.06. The second-order valence-electron chi connectivity index (χ2n) is 8.45. The van der Waals surface area contributed by atoms with Gasteiger partial charge in [0.1, 0.15) is 0 Å². The molecule has 1 fully saturated rings. The van der Waals surface area contributed by atoms with Crippen molar-refractivity contribution in [2.45, 2.75) is 0 Å². The Balaban J connectivity index is 1.44. The molecule has 1 aliphatic rings. The third-order valence-electron chi connectivity index (χ3n) is 6.05. The van der Waals surface area contributed by atoms with Gasteiger partial charge in [-0.3, -0.25) is 14.6 Å². The van der Waals surface area contributed by atoms with Gasteiger partial charge in [0, 0.05) is 59.5 Å². The SMILES string of the molecule is O=C(Nc1cc(F)c(F)c(C(=O)c2ccc3ncc(N4CCNCC4)cc3c2)c1)c1ccc(Cl)cc1. The minimum atomic E-state index is -1.28. The van der Waals surface area contributed by atoms with Crippen LogP contribution in [-0.2, 0) is 0 Å². The Morgan fingerprint density at radius 3 is 2.42 bits per heavy atom. The fourth-order valence-corrected chi connectivity index (χ4v) is 4.27. The molecule has 36 heavy (non-hydrogen) atoms. The van der Waals surface area contributed by atoms with Gasteiger partial charge in [-0.25, -0.2) is 8.78 Å². The molecular weight excluding hydrogens is 486 g/mol. The van der Waals surface area contributed by atoms with Crippen molar-refractivity contribution in [2.24, 2.45) is 0 Å². The van der Waals surface area contributed by atoms with Crippen molar-refractivity contribution in [3.63, 3.8) is 0 Å². The number of hydrogen-bond donors (Lipinski definition) is 2. The van der Waals surface area contributed by atoms with Crippen LogP contribution in [0.1, 0.15) is 26.3 Å². The number of carbonyl (C=O) groups is 2. The lowest BCUT2D eigenvalue weighted by Gasteiger charge is -2.29. The quantitative estimate of drug-likeness (QED) is 0.370. The van der Waals surface area contributed by atoms with E-state index in [0.29, 0.717) is 15.9 Å². The molecule has 3 aromatic carbocycles. The number of amides is 1. The van der Waals surface area contributed by atoms with E-state index >= 15 is 0 Å². The molecule has 1 aromatic heterocycles. The summed E-state index contributed by atoms with van der Waals surface area (Å²) in [5.41, 5.74) is 1.55. The molecule has 6 nitrogen and oxygen atoms in total. The molecule has 0 aliphatic carbocycles. The van der Waals surface area contributed by atoms with Crippen molar-refractivity contribution < 1.29 is 18.4 Å². The fourth-order valence-electron chi connectivity index (χ4n) is 4.14. The number of hydrogen-bond acceptors (Lipinski definition) is 5. The molecule has 1 aliphatic heterocycles. The Bertz CT molecular complexity index is 1470. The highest BCUT2D eigenvalue weighted by Gasteiger charge is 2.21. The van der Waals surface area contributed by atoms with Crippen molar-refractivity contribution in [3.05, 3.63) is 100 Å². The lowest BCUT2D eigenvalue weighted by molar-refractivity contribution is 0.101. The summed E-state index contributed by atoms with van der Waals surface area (Å²) >= 11 is 5.84.